The lowest BCUT2D eigenvalue weighted by atomic mass is 10.1. The Balaban J connectivity index is 2.46. The zero-order chi connectivity index (χ0) is 15.0. The molecule has 0 bridgehead atoms. The van der Waals surface area contributed by atoms with E-state index < -0.39 is 5.97 Å². The quantitative estimate of drug-likeness (QED) is 0.451. The molecule has 0 fully saturated rings. The Morgan fingerprint density at radius 3 is 2.70 bits per heavy atom. The van der Waals surface area contributed by atoms with Crippen molar-refractivity contribution in [1.29, 1.82) is 0 Å². The van der Waals surface area contributed by atoms with Gasteiger partial charge in [0.1, 0.15) is 6.61 Å². The third-order valence-corrected chi connectivity index (χ3v) is 3.61. The smallest absolute Gasteiger partial charge is 0.335 e. The molecule has 0 spiro atoms. The van der Waals surface area contributed by atoms with Crippen molar-refractivity contribution in [1.82, 2.24) is 0 Å². The molecule has 20 heavy (non-hydrogen) atoms. The number of hydrogen-bond donors (Lipinski definition) is 1. The zero-order valence-electron chi connectivity index (χ0n) is 11.5. The van der Waals surface area contributed by atoms with Gasteiger partial charge in [0, 0.05) is 11.5 Å². The molecule has 1 rings (SSSR count). The van der Waals surface area contributed by atoms with Gasteiger partial charge in [-0.1, -0.05) is 6.07 Å². The summed E-state index contributed by atoms with van der Waals surface area (Å²) in [5.74, 6) is -1.17. The number of benzene rings is 1. The first kappa shape index (κ1) is 16.5. The summed E-state index contributed by atoms with van der Waals surface area (Å²) in [6.45, 7) is 4.96. The zero-order valence-corrected chi connectivity index (χ0v) is 12.4. The second-order valence-corrected chi connectivity index (χ2v) is 5.01. The van der Waals surface area contributed by atoms with Crippen LogP contribution in [0.5, 0.6) is 0 Å². The van der Waals surface area contributed by atoms with Crippen LogP contribution in [0.3, 0.4) is 0 Å². The van der Waals surface area contributed by atoms with Crippen LogP contribution in [0.2, 0.25) is 0 Å². The van der Waals surface area contributed by atoms with Gasteiger partial charge in [0.05, 0.1) is 17.9 Å². The Morgan fingerprint density at radius 1 is 1.30 bits per heavy atom. The Morgan fingerprint density at radius 2 is 2.05 bits per heavy atom. The second-order valence-electron chi connectivity index (χ2n) is 3.99. The van der Waals surface area contributed by atoms with Crippen molar-refractivity contribution in [2.45, 2.75) is 18.7 Å². The largest absolute Gasteiger partial charge is 0.478 e. The van der Waals surface area contributed by atoms with Crippen LogP contribution < -0.4 is 0 Å². The fourth-order valence-corrected chi connectivity index (χ4v) is 2.29. The molecule has 0 atom stereocenters. The first-order valence-electron chi connectivity index (χ1n) is 6.24. The average Bonchev–Trinajstić information content (AvgIpc) is 2.42. The predicted octanol–water partition coefficient (Wildman–Crippen LogP) is 2.37. The molecule has 0 saturated carbocycles. The van der Waals surface area contributed by atoms with Gasteiger partial charge in [-0.3, -0.25) is 4.79 Å². The molecule has 0 heterocycles. The van der Waals surface area contributed by atoms with Crippen molar-refractivity contribution >= 4 is 23.7 Å². The Hall–Kier alpha value is -1.53. The van der Waals surface area contributed by atoms with Crippen LogP contribution in [-0.2, 0) is 14.3 Å². The molecule has 0 aromatic heterocycles. The summed E-state index contributed by atoms with van der Waals surface area (Å²) >= 11 is 1.27. The van der Waals surface area contributed by atoms with Crippen LogP contribution >= 0.6 is 11.8 Å². The van der Waals surface area contributed by atoms with Gasteiger partial charge in [0.25, 0.3) is 0 Å². The lowest BCUT2D eigenvalue weighted by Gasteiger charge is -2.07. The van der Waals surface area contributed by atoms with Crippen molar-refractivity contribution in [3.05, 3.63) is 29.3 Å². The summed E-state index contributed by atoms with van der Waals surface area (Å²) in [4.78, 5) is 23.2. The highest BCUT2D eigenvalue weighted by Crippen LogP contribution is 2.23. The molecule has 1 aromatic rings. The number of carboxylic acid groups (broad SMARTS) is 1. The van der Waals surface area contributed by atoms with Crippen molar-refractivity contribution in [3.8, 4) is 0 Å². The minimum Gasteiger partial charge on any atom is -0.478 e. The molecule has 0 amide bonds. The molecule has 5 nitrogen and oxygen atoms in total. The SMILES string of the molecule is CCOCCOC(=O)CSc1cc(C(=O)O)ccc1C. The number of ether oxygens (including phenoxy) is 2. The highest BCUT2D eigenvalue weighted by molar-refractivity contribution is 8.00. The number of carbonyl (C=O) groups excluding carboxylic acids is 1. The molecular formula is C14H18O5S. The second kappa shape index (κ2) is 8.60. The van der Waals surface area contributed by atoms with Gasteiger partial charge in [-0.2, -0.15) is 0 Å². The molecule has 1 aromatic carbocycles. The van der Waals surface area contributed by atoms with E-state index in [1.54, 1.807) is 18.2 Å². The summed E-state index contributed by atoms with van der Waals surface area (Å²) < 4.78 is 10.0. The van der Waals surface area contributed by atoms with Crippen molar-refractivity contribution < 1.29 is 24.2 Å². The molecule has 0 saturated heterocycles. The number of rotatable bonds is 8. The van der Waals surface area contributed by atoms with Crippen LogP contribution in [0.1, 0.15) is 22.8 Å². The average molecular weight is 298 g/mol. The van der Waals surface area contributed by atoms with E-state index in [0.717, 1.165) is 10.5 Å². The number of aromatic carboxylic acids is 1. The lowest BCUT2D eigenvalue weighted by molar-refractivity contribution is -0.141. The van der Waals surface area contributed by atoms with Crippen molar-refractivity contribution in [2.24, 2.45) is 0 Å². The third-order valence-electron chi connectivity index (χ3n) is 2.48. The first-order chi connectivity index (χ1) is 9.54. The number of thioether (sulfide) groups is 1. The molecule has 0 radical (unpaired) electrons. The normalized spacial score (nSPS) is 10.3. The number of carboxylic acids is 1. The number of carbonyl (C=O) groups is 2. The Labute approximate surface area is 122 Å². The van der Waals surface area contributed by atoms with Gasteiger partial charge in [-0.15, -0.1) is 11.8 Å². The molecule has 110 valence electrons. The maximum Gasteiger partial charge on any atom is 0.335 e. The van der Waals surface area contributed by atoms with Crippen LogP contribution in [0, 0.1) is 6.92 Å². The van der Waals surface area contributed by atoms with Gasteiger partial charge in [-0.05, 0) is 31.5 Å². The summed E-state index contributed by atoms with van der Waals surface area (Å²) in [6.07, 6.45) is 0. The molecule has 6 heteroatoms. The van der Waals surface area contributed by atoms with Crippen molar-refractivity contribution in [2.75, 3.05) is 25.6 Å². The predicted molar refractivity (Wildman–Crippen MR) is 76.3 cm³/mol. The number of aryl methyl sites for hydroxylation is 1. The minimum absolute atomic E-state index is 0.149. The van der Waals surface area contributed by atoms with E-state index >= 15 is 0 Å². The van der Waals surface area contributed by atoms with Gasteiger partial charge < -0.3 is 14.6 Å². The monoisotopic (exact) mass is 298 g/mol. The molecule has 0 aliphatic rings. The Bertz CT molecular complexity index is 473. The fraction of sp³-hybridized carbons (Fsp3) is 0.429. The fourth-order valence-electron chi connectivity index (χ4n) is 1.43. The van der Waals surface area contributed by atoms with E-state index in [-0.39, 0.29) is 23.9 Å². The Kier molecular flexibility index (Phi) is 7.11. The standard InChI is InChI=1S/C14H18O5S/c1-3-18-6-7-19-13(15)9-20-12-8-11(14(16)17)5-4-10(12)2/h4-5,8H,3,6-7,9H2,1-2H3,(H,16,17). The summed E-state index contributed by atoms with van der Waals surface area (Å²) in [7, 11) is 0. The summed E-state index contributed by atoms with van der Waals surface area (Å²) in [6, 6.07) is 4.84. The highest BCUT2D eigenvalue weighted by Gasteiger charge is 2.09. The van der Waals surface area contributed by atoms with Gasteiger partial charge in [-0.25, -0.2) is 4.79 Å². The van der Waals surface area contributed by atoms with Gasteiger partial charge >= 0.3 is 11.9 Å². The van der Waals surface area contributed by atoms with E-state index in [9.17, 15) is 9.59 Å². The third kappa shape index (κ3) is 5.63. The molecular weight excluding hydrogens is 280 g/mol. The van der Waals surface area contributed by atoms with E-state index in [0.29, 0.717) is 13.2 Å². The van der Waals surface area contributed by atoms with Crippen LogP contribution in [0.4, 0.5) is 0 Å². The molecule has 1 N–H and O–H groups in total. The molecule has 0 aliphatic heterocycles. The number of hydrogen-bond acceptors (Lipinski definition) is 5. The van der Waals surface area contributed by atoms with Crippen LogP contribution in [0.15, 0.2) is 23.1 Å². The van der Waals surface area contributed by atoms with E-state index in [1.807, 2.05) is 13.8 Å². The van der Waals surface area contributed by atoms with Gasteiger partial charge in [0.2, 0.25) is 0 Å². The van der Waals surface area contributed by atoms with E-state index in [4.69, 9.17) is 14.6 Å². The lowest BCUT2D eigenvalue weighted by Crippen LogP contribution is -2.12. The highest BCUT2D eigenvalue weighted by atomic mass is 32.2. The van der Waals surface area contributed by atoms with E-state index in [1.165, 1.54) is 11.8 Å². The maximum absolute atomic E-state index is 11.5. The number of esters is 1. The molecule has 0 aliphatic carbocycles. The van der Waals surface area contributed by atoms with Crippen molar-refractivity contribution in [3.63, 3.8) is 0 Å². The maximum atomic E-state index is 11.5. The topological polar surface area (TPSA) is 72.8 Å². The van der Waals surface area contributed by atoms with Gasteiger partial charge in [0.15, 0.2) is 0 Å². The van der Waals surface area contributed by atoms with Crippen LogP contribution in [-0.4, -0.2) is 42.6 Å². The van der Waals surface area contributed by atoms with E-state index in [2.05, 4.69) is 0 Å². The minimum atomic E-state index is -0.980. The first-order valence-corrected chi connectivity index (χ1v) is 7.23. The summed E-state index contributed by atoms with van der Waals surface area (Å²) in [5.41, 5.74) is 1.14. The molecule has 0 unspecified atom stereocenters. The van der Waals surface area contributed by atoms with Crippen LogP contribution in [0.25, 0.3) is 0 Å². The summed E-state index contributed by atoms with van der Waals surface area (Å²) in [5, 5.41) is 8.93.